The molecule has 31 heavy (non-hydrogen) atoms. The number of nitrogens with two attached hydrogens (primary N) is 1. The van der Waals surface area contributed by atoms with E-state index in [-0.39, 0.29) is 11.7 Å². The fraction of sp³-hybridized carbons (Fsp3) is 0.348. The molecule has 3 aromatic rings. The Morgan fingerprint density at radius 2 is 1.87 bits per heavy atom. The maximum Gasteiger partial charge on any atom is 0.268 e. The summed E-state index contributed by atoms with van der Waals surface area (Å²) in [7, 11) is 0. The predicted molar refractivity (Wildman–Crippen MR) is 120 cm³/mol. The number of carbonyl (C=O) groups is 1. The van der Waals surface area contributed by atoms with Crippen LogP contribution in [-0.2, 0) is 6.42 Å². The van der Waals surface area contributed by atoms with Crippen LogP contribution in [0.5, 0.6) is 0 Å². The third kappa shape index (κ3) is 4.33. The van der Waals surface area contributed by atoms with Gasteiger partial charge in [0.1, 0.15) is 11.5 Å². The number of hydrogen-bond acceptors (Lipinski definition) is 7. The highest BCUT2D eigenvalue weighted by Gasteiger charge is 2.28. The normalized spacial score (nSPS) is 16.4. The summed E-state index contributed by atoms with van der Waals surface area (Å²) in [5.74, 6) is 1.02. The van der Waals surface area contributed by atoms with Gasteiger partial charge in [0, 0.05) is 32.1 Å². The molecule has 8 nitrogen and oxygen atoms in total. The van der Waals surface area contributed by atoms with Gasteiger partial charge in [0.05, 0.1) is 18.1 Å². The summed E-state index contributed by atoms with van der Waals surface area (Å²) in [5.41, 5.74) is 10.1. The molecule has 160 valence electrons. The first-order valence-electron chi connectivity index (χ1n) is 10.4. The van der Waals surface area contributed by atoms with Crippen molar-refractivity contribution in [3.05, 3.63) is 70.8 Å². The minimum absolute atomic E-state index is 0.164. The number of nitrogens with zero attached hydrogens (tertiary/aromatic N) is 6. The van der Waals surface area contributed by atoms with Crippen LogP contribution in [0, 0.1) is 13.8 Å². The van der Waals surface area contributed by atoms with Crippen molar-refractivity contribution >= 4 is 17.5 Å². The molecule has 3 heterocycles. The Labute approximate surface area is 182 Å². The van der Waals surface area contributed by atoms with Crippen LogP contribution in [0.25, 0.3) is 0 Å². The molecule has 1 unspecified atom stereocenters. The molecule has 2 aromatic heterocycles. The molecule has 1 aromatic carbocycles. The van der Waals surface area contributed by atoms with Gasteiger partial charge >= 0.3 is 0 Å². The molecule has 0 spiro atoms. The molecule has 1 atom stereocenters. The number of hydrogen-bond donors (Lipinski definition) is 1. The van der Waals surface area contributed by atoms with Crippen molar-refractivity contribution in [1.82, 2.24) is 20.2 Å². The average molecular weight is 418 g/mol. The fourth-order valence-electron chi connectivity index (χ4n) is 4.00. The zero-order valence-electron chi connectivity index (χ0n) is 18.1. The monoisotopic (exact) mass is 417 g/mol. The van der Waals surface area contributed by atoms with E-state index in [1.807, 2.05) is 18.2 Å². The molecule has 1 aliphatic heterocycles. The SMILES string of the molecule is Cc1c(Cc2ccccc2)nnc(N2CCN(c3cncc(C(N)=O)n3)C(C)C2)c1C. The number of benzene rings is 1. The molecule has 0 aliphatic carbocycles. The van der Waals surface area contributed by atoms with Crippen molar-refractivity contribution in [2.24, 2.45) is 5.73 Å². The first-order chi connectivity index (χ1) is 14.9. The Bertz CT molecular complexity index is 1090. The lowest BCUT2D eigenvalue weighted by Crippen LogP contribution is -2.53. The first kappa shape index (κ1) is 20.7. The van der Waals surface area contributed by atoms with Crippen LogP contribution in [0.1, 0.15) is 39.8 Å². The minimum atomic E-state index is -0.572. The molecule has 0 saturated carbocycles. The van der Waals surface area contributed by atoms with Crippen molar-refractivity contribution in [2.75, 3.05) is 29.4 Å². The van der Waals surface area contributed by atoms with Gasteiger partial charge in [-0.05, 0) is 37.5 Å². The topological polar surface area (TPSA) is 101 Å². The molecule has 1 saturated heterocycles. The summed E-state index contributed by atoms with van der Waals surface area (Å²) in [4.78, 5) is 24.4. The zero-order chi connectivity index (χ0) is 22.0. The summed E-state index contributed by atoms with van der Waals surface area (Å²) in [5, 5.41) is 9.16. The highest BCUT2D eigenvalue weighted by atomic mass is 16.1. The first-order valence-corrected chi connectivity index (χ1v) is 10.4. The molecule has 1 fully saturated rings. The van der Waals surface area contributed by atoms with E-state index in [9.17, 15) is 4.79 Å². The second-order valence-corrected chi connectivity index (χ2v) is 8.00. The van der Waals surface area contributed by atoms with Crippen LogP contribution >= 0.6 is 0 Å². The highest BCUT2D eigenvalue weighted by Crippen LogP contribution is 2.26. The van der Waals surface area contributed by atoms with E-state index in [0.717, 1.165) is 43.1 Å². The Balaban J connectivity index is 1.51. The maximum absolute atomic E-state index is 11.4. The smallest absolute Gasteiger partial charge is 0.268 e. The summed E-state index contributed by atoms with van der Waals surface area (Å²) >= 11 is 0. The average Bonchev–Trinajstić information content (AvgIpc) is 2.78. The van der Waals surface area contributed by atoms with Crippen molar-refractivity contribution in [3.8, 4) is 0 Å². The zero-order valence-corrected chi connectivity index (χ0v) is 18.1. The number of carbonyl (C=O) groups excluding carboxylic acids is 1. The van der Waals surface area contributed by atoms with Crippen LogP contribution < -0.4 is 15.5 Å². The molecule has 0 bridgehead atoms. The van der Waals surface area contributed by atoms with E-state index in [2.05, 4.69) is 62.9 Å². The van der Waals surface area contributed by atoms with Crippen molar-refractivity contribution in [1.29, 1.82) is 0 Å². The Morgan fingerprint density at radius 1 is 1.10 bits per heavy atom. The van der Waals surface area contributed by atoms with E-state index in [1.54, 1.807) is 6.20 Å². The van der Waals surface area contributed by atoms with Gasteiger partial charge in [-0.2, -0.15) is 5.10 Å². The summed E-state index contributed by atoms with van der Waals surface area (Å²) in [6.07, 6.45) is 3.84. The van der Waals surface area contributed by atoms with Crippen LogP contribution in [0.2, 0.25) is 0 Å². The van der Waals surface area contributed by atoms with Crippen molar-refractivity contribution in [2.45, 2.75) is 33.2 Å². The molecular formula is C23H27N7O. The van der Waals surface area contributed by atoms with E-state index >= 15 is 0 Å². The number of amides is 1. The molecule has 0 radical (unpaired) electrons. The Morgan fingerprint density at radius 3 is 2.58 bits per heavy atom. The summed E-state index contributed by atoms with van der Waals surface area (Å²) < 4.78 is 0. The largest absolute Gasteiger partial charge is 0.364 e. The van der Waals surface area contributed by atoms with Gasteiger partial charge in [0.2, 0.25) is 0 Å². The van der Waals surface area contributed by atoms with Gasteiger partial charge in [-0.25, -0.2) is 4.98 Å². The highest BCUT2D eigenvalue weighted by molar-refractivity contribution is 5.90. The molecule has 1 amide bonds. The van der Waals surface area contributed by atoms with E-state index in [4.69, 9.17) is 5.73 Å². The predicted octanol–water partition coefficient (Wildman–Crippen LogP) is 2.29. The number of rotatable bonds is 5. The molecule has 2 N–H and O–H groups in total. The van der Waals surface area contributed by atoms with Gasteiger partial charge in [-0.15, -0.1) is 5.10 Å². The van der Waals surface area contributed by atoms with Crippen LogP contribution in [0.3, 0.4) is 0 Å². The lowest BCUT2D eigenvalue weighted by molar-refractivity contribution is 0.0995. The second kappa shape index (κ2) is 8.67. The number of piperazine rings is 1. The van der Waals surface area contributed by atoms with Crippen LogP contribution in [-0.4, -0.2) is 51.7 Å². The quantitative estimate of drug-likeness (QED) is 0.680. The molecular weight excluding hydrogens is 390 g/mol. The Hall–Kier alpha value is -3.55. The standard InChI is InChI=1S/C23H27N7O/c1-15-14-29(9-10-30(15)21-13-25-12-20(26-21)22(24)31)23-17(3)16(2)19(27-28-23)11-18-7-5-4-6-8-18/h4-8,12-13,15H,9-11,14H2,1-3H3,(H2,24,31). The Kier molecular flexibility index (Phi) is 5.79. The van der Waals surface area contributed by atoms with Gasteiger partial charge in [-0.3, -0.25) is 9.78 Å². The minimum Gasteiger partial charge on any atom is -0.364 e. The van der Waals surface area contributed by atoms with Gasteiger partial charge in [0.25, 0.3) is 5.91 Å². The number of primary amides is 1. The van der Waals surface area contributed by atoms with Gasteiger partial charge < -0.3 is 15.5 Å². The van der Waals surface area contributed by atoms with E-state index in [1.165, 1.54) is 17.3 Å². The summed E-state index contributed by atoms with van der Waals surface area (Å²) in [6, 6.07) is 10.5. The van der Waals surface area contributed by atoms with Gasteiger partial charge in [-0.1, -0.05) is 30.3 Å². The van der Waals surface area contributed by atoms with E-state index in [0.29, 0.717) is 5.82 Å². The number of anilines is 2. The molecule has 4 rings (SSSR count). The lowest BCUT2D eigenvalue weighted by Gasteiger charge is -2.41. The third-order valence-electron chi connectivity index (χ3n) is 5.91. The number of aromatic nitrogens is 4. The maximum atomic E-state index is 11.4. The van der Waals surface area contributed by atoms with E-state index < -0.39 is 5.91 Å². The lowest BCUT2D eigenvalue weighted by atomic mass is 10.0. The van der Waals surface area contributed by atoms with Crippen molar-refractivity contribution in [3.63, 3.8) is 0 Å². The molecule has 1 aliphatic rings. The van der Waals surface area contributed by atoms with Crippen LogP contribution in [0.4, 0.5) is 11.6 Å². The third-order valence-corrected chi connectivity index (χ3v) is 5.91. The fourth-order valence-corrected chi connectivity index (χ4v) is 4.00. The second-order valence-electron chi connectivity index (χ2n) is 8.00. The van der Waals surface area contributed by atoms with Crippen molar-refractivity contribution < 1.29 is 4.79 Å². The van der Waals surface area contributed by atoms with Gasteiger partial charge in [0.15, 0.2) is 5.82 Å². The van der Waals surface area contributed by atoms with Crippen LogP contribution in [0.15, 0.2) is 42.7 Å². The molecule has 8 heteroatoms. The summed E-state index contributed by atoms with van der Waals surface area (Å²) in [6.45, 7) is 8.66.